The van der Waals surface area contributed by atoms with Crippen LogP contribution in [0.15, 0.2) is 12.3 Å². The summed E-state index contributed by atoms with van der Waals surface area (Å²) in [6, 6.07) is 1.37. The first-order valence-electron chi connectivity index (χ1n) is 6.47. The van der Waals surface area contributed by atoms with Gasteiger partial charge in [-0.3, -0.25) is 14.9 Å². The largest absolute Gasteiger partial charge is 0.373 e. The first kappa shape index (κ1) is 16.8. The minimum atomic E-state index is -0.613. The van der Waals surface area contributed by atoms with Gasteiger partial charge in [0, 0.05) is 25.2 Å². The highest BCUT2D eigenvalue weighted by molar-refractivity contribution is 5.98. The zero-order valence-corrected chi connectivity index (χ0v) is 12.9. The van der Waals surface area contributed by atoms with Gasteiger partial charge in [-0.25, -0.2) is 4.98 Å². The van der Waals surface area contributed by atoms with E-state index in [0.29, 0.717) is 12.4 Å². The summed E-state index contributed by atoms with van der Waals surface area (Å²) in [5, 5.41) is 16.5. The molecule has 0 atom stereocenters. The number of hydrogen-bond donors (Lipinski definition) is 2. The maximum atomic E-state index is 12.2. The van der Waals surface area contributed by atoms with Gasteiger partial charge in [-0.1, -0.05) is 0 Å². The summed E-state index contributed by atoms with van der Waals surface area (Å²) in [5.41, 5.74) is -0.577. The van der Waals surface area contributed by atoms with Crippen molar-refractivity contribution in [2.45, 2.75) is 19.4 Å². The molecule has 0 saturated carbocycles. The van der Waals surface area contributed by atoms with Crippen LogP contribution >= 0.6 is 0 Å². The lowest BCUT2D eigenvalue weighted by atomic mass is 10.0. The minimum Gasteiger partial charge on any atom is -0.373 e. The highest BCUT2D eigenvalue weighted by atomic mass is 16.6. The van der Waals surface area contributed by atoms with E-state index in [0.717, 1.165) is 6.20 Å². The van der Waals surface area contributed by atoms with E-state index < -0.39 is 10.8 Å². The summed E-state index contributed by atoms with van der Waals surface area (Å²) < 4.78 is 0. The maximum Gasteiger partial charge on any atom is 0.300 e. The molecule has 1 rings (SSSR count). The Balaban J connectivity index is 2.98. The lowest BCUT2D eigenvalue weighted by molar-refractivity contribution is -0.385. The van der Waals surface area contributed by atoms with Gasteiger partial charge in [-0.15, -0.1) is 0 Å². The van der Waals surface area contributed by atoms with Crippen LogP contribution in [0.5, 0.6) is 0 Å². The summed E-state index contributed by atoms with van der Waals surface area (Å²) >= 11 is 0. The van der Waals surface area contributed by atoms with Gasteiger partial charge in [0.15, 0.2) is 0 Å². The molecule has 1 aromatic heterocycles. The van der Waals surface area contributed by atoms with Gasteiger partial charge in [0.05, 0.1) is 4.92 Å². The van der Waals surface area contributed by atoms with E-state index >= 15 is 0 Å². The molecule has 1 aromatic rings. The fourth-order valence-electron chi connectivity index (χ4n) is 1.46. The van der Waals surface area contributed by atoms with E-state index in [1.165, 1.54) is 6.07 Å². The molecular formula is C13H21N5O3. The summed E-state index contributed by atoms with van der Waals surface area (Å²) in [6.07, 6.45) is 1.08. The molecule has 1 amide bonds. The Labute approximate surface area is 123 Å². The summed E-state index contributed by atoms with van der Waals surface area (Å²) in [5.74, 6) is -0.0897. The number of likely N-dealkylation sites (N-methyl/N-ethyl adjacent to an activating group) is 1. The number of carbonyl (C=O) groups is 1. The molecule has 2 N–H and O–H groups in total. The van der Waals surface area contributed by atoms with E-state index in [2.05, 4.69) is 15.6 Å². The summed E-state index contributed by atoms with van der Waals surface area (Å²) in [6.45, 7) is 4.30. The maximum absolute atomic E-state index is 12.2. The minimum absolute atomic E-state index is 0.00564. The van der Waals surface area contributed by atoms with Crippen molar-refractivity contribution in [1.29, 1.82) is 0 Å². The zero-order chi connectivity index (χ0) is 16.2. The second kappa shape index (κ2) is 6.49. The highest BCUT2D eigenvalue weighted by Gasteiger charge is 2.25. The van der Waals surface area contributed by atoms with Gasteiger partial charge in [0.25, 0.3) is 11.6 Å². The molecule has 0 bridgehead atoms. The van der Waals surface area contributed by atoms with Crippen molar-refractivity contribution in [3.63, 3.8) is 0 Å². The predicted octanol–water partition coefficient (Wildman–Crippen LogP) is 1.10. The molecular weight excluding hydrogens is 274 g/mol. The Hall–Kier alpha value is -2.22. The van der Waals surface area contributed by atoms with Crippen LogP contribution < -0.4 is 10.6 Å². The molecule has 116 valence electrons. The molecule has 8 heteroatoms. The number of nitro groups is 1. The van der Waals surface area contributed by atoms with Crippen LogP contribution in [0.25, 0.3) is 0 Å². The van der Waals surface area contributed by atoms with Crippen molar-refractivity contribution in [1.82, 2.24) is 15.2 Å². The number of rotatable bonds is 6. The number of anilines is 1. The third-order valence-electron chi connectivity index (χ3n) is 3.47. The van der Waals surface area contributed by atoms with Gasteiger partial charge in [0.1, 0.15) is 17.6 Å². The van der Waals surface area contributed by atoms with Crippen LogP contribution in [0.2, 0.25) is 0 Å². The molecule has 0 aliphatic rings. The fraction of sp³-hybridized carbons (Fsp3) is 0.538. The van der Waals surface area contributed by atoms with Crippen molar-refractivity contribution < 1.29 is 9.72 Å². The number of carbonyl (C=O) groups excluding carboxylic acids is 1. The Bertz CT molecular complexity index is 543. The van der Waals surface area contributed by atoms with Gasteiger partial charge >= 0.3 is 0 Å². The first-order chi connectivity index (χ1) is 9.69. The fourth-order valence-corrected chi connectivity index (χ4v) is 1.46. The van der Waals surface area contributed by atoms with Crippen LogP contribution in [0.3, 0.4) is 0 Å². The van der Waals surface area contributed by atoms with Crippen LogP contribution in [0.4, 0.5) is 11.5 Å². The Morgan fingerprint density at radius 1 is 1.48 bits per heavy atom. The monoisotopic (exact) mass is 295 g/mol. The van der Waals surface area contributed by atoms with Crippen molar-refractivity contribution >= 4 is 17.4 Å². The normalized spacial score (nSPS) is 11.3. The molecule has 8 nitrogen and oxygen atoms in total. The second-order valence-corrected chi connectivity index (χ2v) is 5.48. The molecule has 0 aliphatic carbocycles. The van der Waals surface area contributed by atoms with Gasteiger partial charge in [-0.05, 0) is 27.9 Å². The standard InChI is InChI=1S/C13H21N5O3/c1-13(2,17(4)5)8-16-12(19)9-6-11(14-3)15-7-10(9)18(20)21/h6-7H,8H2,1-5H3,(H,14,15)(H,16,19). The number of aromatic nitrogens is 1. The van der Waals surface area contributed by atoms with Gasteiger partial charge in [0.2, 0.25) is 0 Å². The van der Waals surface area contributed by atoms with Crippen LogP contribution in [-0.4, -0.2) is 53.9 Å². The summed E-state index contributed by atoms with van der Waals surface area (Å²) in [4.78, 5) is 28.4. The Morgan fingerprint density at radius 2 is 2.10 bits per heavy atom. The number of nitrogens with zero attached hydrogens (tertiary/aromatic N) is 3. The number of pyridine rings is 1. The third-order valence-corrected chi connectivity index (χ3v) is 3.47. The molecule has 0 radical (unpaired) electrons. The summed E-state index contributed by atoms with van der Waals surface area (Å²) in [7, 11) is 5.44. The predicted molar refractivity (Wildman–Crippen MR) is 80.5 cm³/mol. The van der Waals surface area contributed by atoms with E-state index in [1.807, 2.05) is 32.8 Å². The lowest BCUT2D eigenvalue weighted by Crippen LogP contribution is -2.48. The van der Waals surface area contributed by atoms with E-state index in [4.69, 9.17) is 0 Å². The first-order valence-corrected chi connectivity index (χ1v) is 6.47. The van der Waals surface area contributed by atoms with E-state index in [-0.39, 0.29) is 16.8 Å². The topological polar surface area (TPSA) is 100 Å². The molecule has 0 unspecified atom stereocenters. The van der Waals surface area contributed by atoms with Crippen molar-refractivity contribution in [3.8, 4) is 0 Å². The van der Waals surface area contributed by atoms with Gasteiger partial charge in [-0.2, -0.15) is 0 Å². The van der Waals surface area contributed by atoms with Crippen LogP contribution in [-0.2, 0) is 0 Å². The van der Waals surface area contributed by atoms with Crippen molar-refractivity contribution in [2.75, 3.05) is 33.0 Å². The van der Waals surface area contributed by atoms with E-state index in [1.54, 1.807) is 7.05 Å². The molecule has 0 spiro atoms. The SMILES string of the molecule is CNc1cc(C(=O)NCC(C)(C)N(C)C)c([N+](=O)[O-])cn1. The highest BCUT2D eigenvalue weighted by Crippen LogP contribution is 2.20. The molecule has 21 heavy (non-hydrogen) atoms. The average molecular weight is 295 g/mol. The molecule has 0 fully saturated rings. The zero-order valence-electron chi connectivity index (χ0n) is 12.9. The number of nitrogens with one attached hydrogen (secondary N) is 2. The van der Waals surface area contributed by atoms with Crippen molar-refractivity contribution in [2.24, 2.45) is 0 Å². The smallest absolute Gasteiger partial charge is 0.300 e. The Kier molecular flexibility index (Phi) is 5.20. The second-order valence-electron chi connectivity index (χ2n) is 5.48. The van der Waals surface area contributed by atoms with Crippen molar-refractivity contribution in [3.05, 3.63) is 27.9 Å². The third kappa shape index (κ3) is 4.12. The van der Waals surface area contributed by atoms with Gasteiger partial charge < -0.3 is 15.5 Å². The van der Waals surface area contributed by atoms with E-state index in [9.17, 15) is 14.9 Å². The quantitative estimate of drug-likeness (QED) is 0.602. The molecule has 0 aromatic carbocycles. The van der Waals surface area contributed by atoms with Crippen LogP contribution in [0, 0.1) is 10.1 Å². The average Bonchev–Trinajstić information content (AvgIpc) is 2.43. The molecule has 0 saturated heterocycles. The molecule has 0 aliphatic heterocycles. The lowest BCUT2D eigenvalue weighted by Gasteiger charge is -2.32. The Morgan fingerprint density at radius 3 is 2.57 bits per heavy atom. The van der Waals surface area contributed by atoms with Crippen LogP contribution in [0.1, 0.15) is 24.2 Å². The number of amides is 1. The molecule has 1 heterocycles. The number of hydrogen-bond acceptors (Lipinski definition) is 6.